The largest absolute Gasteiger partial charge is 0.573 e. The number of carbonyl (C=O) groups excluding carboxylic acids is 2. The first-order valence-corrected chi connectivity index (χ1v) is 10.6. The summed E-state index contributed by atoms with van der Waals surface area (Å²) in [6.07, 6.45) is -5.24. The molecule has 2 fully saturated rings. The summed E-state index contributed by atoms with van der Waals surface area (Å²) >= 11 is 0. The van der Waals surface area contributed by atoms with Gasteiger partial charge in [-0.3, -0.25) is 9.89 Å². The number of halogens is 3. The van der Waals surface area contributed by atoms with Crippen molar-refractivity contribution in [2.75, 3.05) is 26.2 Å². The van der Waals surface area contributed by atoms with E-state index in [9.17, 15) is 22.8 Å². The molecular weight excluding hydrogens is 455 g/mol. The van der Waals surface area contributed by atoms with Crippen molar-refractivity contribution in [1.29, 1.82) is 0 Å². The normalized spacial score (nSPS) is 20.0. The molecule has 0 radical (unpaired) electrons. The molecule has 0 aliphatic carbocycles. The Morgan fingerprint density at radius 3 is 2.35 bits per heavy atom. The first-order chi connectivity index (χ1) is 16.2. The fraction of sp³-hybridized carbons (Fsp3) is 0.364. The van der Waals surface area contributed by atoms with Gasteiger partial charge in [-0.05, 0) is 35.9 Å². The molecule has 5 rings (SSSR count). The van der Waals surface area contributed by atoms with Crippen molar-refractivity contribution in [2.45, 2.75) is 13.0 Å². The van der Waals surface area contributed by atoms with Gasteiger partial charge in [-0.15, -0.1) is 18.3 Å². The van der Waals surface area contributed by atoms with Crippen molar-refractivity contribution in [1.82, 2.24) is 25.2 Å². The third-order valence-electron chi connectivity index (χ3n) is 6.12. The fourth-order valence-corrected chi connectivity index (χ4v) is 4.49. The number of hydrogen-bond donors (Lipinski definition) is 1. The molecule has 2 aliphatic rings. The smallest absolute Gasteiger partial charge is 0.445 e. The second-order valence-corrected chi connectivity index (χ2v) is 8.43. The molecule has 1 aromatic heterocycles. The van der Waals surface area contributed by atoms with E-state index in [1.54, 1.807) is 28.0 Å². The maximum atomic E-state index is 12.9. The van der Waals surface area contributed by atoms with E-state index in [1.165, 1.54) is 24.3 Å². The van der Waals surface area contributed by atoms with E-state index in [0.29, 0.717) is 42.8 Å². The van der Waals surface area contributed by atoms with Crippen LogP contribution in [-0.2, 0) is 11.3 Å². The van der Waals surface area contributed by atoms with Crippen LogP contribution in [0.5, 0.6) is 5.75 Å². The van der Waals surface area contributed by atoms with Crippen molar-refractivity contribution in [2.24, 2.45) is 11.8 Å². The molecule has 2 saturated heterocycles. The highest BCUT2D eigenvalue weighted by Gasteiger charge is 2.43. The number of benzene rings is 2. The summed E-state index contributed by atoms with van der Waals surface area (Å²) in [7, 11) is 0. The summed E-state index contributed by atoms with van der Waals surface area (Å²) < 4.78 is 45.9. The number of rotatable bonds is 4. The molecule has 2 atom stereocenters. The van der Waals surface area contributed by atoms with Gasteiger partial charge in [-0.1, -0.05) is 17.3 Å². The van der Waals surface area contributed by atoms with Crippen molar-refractivity contribution < 1.29 is 32.2 Å². The molecule has 2 aromatic carbocycles. The van der Waals surface area contributed by atoms with Crippen LogP contribution >= 0.6 is 0 Å². The number of likely N-dealkylation sites (tertiary alicyclic amines) is 2. The molecule has 2 amide bonds. The predicted octanol–water partition coefficient (Wildman–Crippen LogP) is 3.20. The van der Waals surface area contributed by atoms with Crippen LogP contribution in [0.4, 0.5) is 18.0 Å². The minimum absolute atomic E-state index is 0.0634. The minimum Gasteiger partial charge on any atom is -0.445 e. The quantitative estimate of drug-likeness (QED) is 0.622. The molecule has 0 saturated carbocycles. The highest BCUT2D eigenvalue weighted by atomic mass is 19.4. The van der Waals surface area contributed by atoms with Gasteiger partial charge < -0.3 is 19.3 Å². The van der Waals surface area contributed by atoms with E-state index in [4.69, 9.17) is 4.74 Å². The second kappa shape index (κ2) is 8.50. The number of nitrogens with one attached hydrogen (secondary N) is 1. The highest BCUT2D eigenvalue weighted by molar-refractivity contribution is 5.97. The number of alkyl halides is 3. The Kier molecular flexibility index (Phi) is 5.50. The molecule has 0 spiro atoms. The molecular formula is C22H20F3N5O4. The van der Waals surface area contributed by atoms with E-state index in [2.05, 4.69) is 20.1 Å². The number of aromatic nitrogens is 3. The van der Waals surface area contributed by atoms with Gasteiger partial charge in [0.2, 0.25) is 0 Å². The van der Waals surface area contributed by atoms with Crippen LogP contribution < -0.4 is 4.74 Å². The number of H-pyrrole nitrogens is 1. The summed E-state index contributed by atoms with van der Waals surface area (Å²) in [5.41, 5.74) is 2.48. The molecule has 1 unspecified atom stereocenters. The lowest BCUT2D eigenvalue weighted by Gasteiger charge is -2.21. The van der Waals surface area contributed by atoms with Crippen molar-refractivity contribution >= 4 is 23.0 Å². The average molecular weight is 475 g/mol. The van der Waals surface area contributed by atoms with Gasteiger partial charge in [0, 0.05) is 43.6 Å². The highest BCUT2D eigenvalue weighted by Crippen LogP contribution is 2.32. The van der Waals surface area contributed by atoms with Gasteiger partial charge in [-0.25, -0.2) is 4.79 Å². The molecule has 1 N–H and O–H groups in total. The first kappa shape index (κ1) is 22.0. The number of ether oxygens (including phenoxy) is 2. The van der Waals surface area contributed by atoms with Gasteiger partial charge in [0.05, 0.1) is 5.52 Å². The third kappa shape index (κ3) is 4.61. The number of aromatic amines is 1. The summed E-state index contributed by atoms with van der Waals surface area (Å²) in [5, 5.41) is 10.4. The predicted molar refractivity (Wildman–Crippen MR) is 112 cm³/mol. The standard InChI is InChI=1S/C22H20F3N5O4/c23-22(24,25)34-17-4-1-13(2-5-17)12-33-21(32)30-10-15-8-29(9-16(15)11-30)20(31)14-3-6-18-19(7-14)27-28-26-18/h1-7,15-16H,8-12H2,(H,26,27,28)/t15-,16?/m0/s1. The zero-order valence-corrected chi connectivity index (χ0v) is 17.8. The molecule has 9 nitrogen and oxygen atoms in total. The van der Waals surface area contributed by atoms with Crippen LogP contribution in [0.25, 0.3) is 11.0 Å². The molecule has 34 heavy (non-hydrogen) atoms. The summed E-state index contributed by atoms with van der Waals surface area (Å²) in [5.74, 6) is -0.0986. The number of hydrogen-bond acceptors (Lipinski definition) is 6. The lowest BCUT2D eigenvalue weighted by atomic mass is 10.0. The minimum atomic E-state index is -4.76. The van der Waals surface area contributed by atoms with Crippen LogP contribution in [0.1, 0.15) is 15.9 Å². The third-order valence-corrected chi connectivity index (χ3v) is 6.12. The van der Waals surface area contributed by atoms with Crippen molar-refractivity contribution in [3.8, 4) is 5.75 Å². The Morgan fingerprint density at radius 2 is 1.68 bits per heavy atom. The Bertz CT molecular complexity index is 1200. The summed E-state index contributed by atoms with van der Waals surface area (Å²) in [4.78, 5) is 28.8. The first-order valence-electron chi connectivity index (χ1n) is 10.6. The topological polar surface area (TPSA) is 101 Å². The zero-order chi connectivity index (χ0) is 23.9. The van der Waals surface area contributed by atoms with Gasteiger partial charge >= 0.3 is 12.5 Å². The molecule has 178 valence electrons. The van der Waals surface area contributed by atoms with Crippen LogP contribution in [0, 0.1) is 11.8 Å². The Balaban J connectivity index is 1.11. The monoisotopic (exact) mass is 475 g/mol. The van der Waals surface area contributed by atoms with Gasteiger partial charge in [0.25, 0.3) is 5.91 Å². The Labute approximate surface area is 191 Å². The number of amides is 2. The summed E-state index contributed by atoms with van der Waals surface area (Å²) in [6.45, 7) is 1.99. The number of nitrogens with zero attached hydrogens (tertiary/aromatic N) is 4. The van der Waals surface area contributed by atoms with Crippen LogP contribution in [0.3, 0.4) is 0 Å². The average Bonchev–Trinajstić information content (AvgIpc) is 3.51. The number of carbonyl (C=O) groups is 2. The van der Waals surface area contributed by atoms with Crippen molar-refractivity contribution in [3.05, 3.63) is 53.6 Å². The lowest BCUT2D eigenvalue weighted by molar-refractivity contribution is -0.274. The van der Waals surface area contributed by atoms with Crippen LogP contribution in [0.15, 0.2) is 42.5 Å². The molecule has 12 heteroatoms. The van der Waals surface area contributed by atoms with Gasteiger partial charge in [0.1, 0.15) is 17.9 Å². The molecule has 3 aromatic rings. The molecule has 3 heterocycles. The van der Waals surface area contributed by atoms with Crippen LogP contribution in [0.2, 0.25) is 0 Å². The lowest BCUT2D eigenvalue weighted by Crippen LogP contribution is -2.35. The maximum Gasteiger partial charge on any atom is 0.573 e. The van der Waals surface area contributed by atoms with Crippen molar-refractivity contribution in [3.63, 3.8) is 0 Å². The SMILES string of the molecule is O=C(OCc1ccc(OC(F)(F)F)cc1)N1CC2CN(C(=O)c3ccc4[nH]nnc4c3)C[C@H]2C1. The van der Waals surface area contributed by atoms with Gasteiger partial charge in [-0.2, -0.15) is 0 Å². The maximum absolute atomic E-state index is 12.9. The molecule has 2 aliphatic heterocycles. The van der Waals surface area contributed by atoms with Crippen LogP contribution in [-0.4, -0.2) is 69.8 Å². The second-order valence-electron chi connectivity index (χ2n) is 8.43. The van der Waals surface area contributed by atoms with E-state index in [0.717, 1.165) is 5.52 Å². The number of fused-ring (bicyclic) bond motifs is 2. The molecule has 0 bridgehead atoms. The van der Waals surface area contributed by atoms with Gasteiger partial charge in [0.15, 0.2) is 0 Å². The Hall–Kier alpha value is -3.83. The van der Waals surface area contributed by atoms with E-state index in [-0.39, 0.29) is 30.1 Å². The summed E-state index contributed by atoms with van der Waals surface area (Å²) in [6, 6.07) is 10.4. The van der Waals surface area contributed by atoms with E-state index in [1.807, 2.05) is 0 Å². The Morgan fingerprint density at radius 1 is 1.00 bits per heavy atom. The van der Waals surface area contributed by atoms with E-state index >= 15 is 0 Å². The van der Waals surface area contributed by atoms with E-state index < -0.39 is 12.5 Å². The zero-order valence-electron chi connectivity index (χ0n) is 17.8. The fourth-order valence-electron chi connectivity index (χ4n) is 4.49.